The van der Waals surface area contributed by atoms with E-state index >= 15 is 0 Å². The lowest BCUT2D eigenvalue weighted by molar-refractivity contribution is -0.0165. The van der Waals surface area contributed by atoms with Crippen LogP contribution in [0, 0.1) is 0 Å². The monoisotopic (exact) mass is 468 g/mol. The van der Waals surface area contributed by atoms with E-state index in [2.05, 4.69) is 0 Å². The average molecular weight is 469 g/mol. The van der Waals surface area contributed by atoms with Gasteiger partial charge in [-0.2, -0.15) is 0 Å². The van der Waals surface area contributed by atoms with E-state index in [1.54, 1.807) is 54.6 Å². The molecule has 0 atom stereocenters. The number of carbonyl (C=O) groups excluding carboxylic acids is 2. The molecule has 0 bridgehead atoms. The van der Waals surface area contributed by atoms with Crippen LogP contribution in [0.15, 0.2) is 60.4 Å². The van der Waals surface area contributed by atoms with Crippen molar-refractivity contribution >= 4 is 41.0 Å². The van der Waals surface area contributed by atoms with Gasteiger partial charge in [-0.05, 0) is 54.6 Å². The van der Waals surface area contributed by atoms with Gasteiger partial charge < -0.3 is 18.9 Å². The highest BCUT2D eigenvalue weighted by Gasteiger charge is 2.29. The van der Waals surface area contributed by atoms with Crippen molar-refractivity contribution in [3.05, 3.63) is 92.7 Å². The van der Waals surface area contributed by atoms with Crippen LogP contribution in [-0.4, -0.2) is 18.5 Å². The van der Waals surface area contributed by atoms with Gasteiger partial charge in [0.1, 0.15) is 17.2 Å². The van der Waals surface area contributed by atoms with Crippen molar-refractivity contribution in [1.82, 2.24) is 0 Å². The van der Waals surface area contributed by atoms with Gasteiger partial charge in [0, 0.05) is 27.2 Å². The van der Waals surface area contributed by atoms with Crippen molar-refractivity contribution in [1.29, 1.82) is 0 Å². The average Bonchev–Trinajstić information content (AvgIpc) is 3.08. The Bertz CT molecular complexity index is 1280. The molecular formula is C24H14Cl2O6. The van der Waals surface area contributed by atoms with Gasteiger partial charge >= 0.3 is 5.97 Å². The number of rotatable bonds is 3. The number of fused-ring (bicyclic) bond motifs is 2. The Hall–Kier alpha value is -3.32. The fourth-order valence-electron chi connectivity index (χ4n) is 3.44. The van der Waals surface area contributed by atoms with E-state index in [0.717, 1.165) is 5.56 Å². The molecule has 0 saturated heterocycles. The molecule has 0 N–H and O–H groups in total. The lowest BCUT2D eigenvalue weighted by Gasteiger charge is -2.20. The standard InChI is InChI=1S/C24H14Cl2O6/c25-16-3-1-13(2-4-16)24(28)31-18-5-6-19-20(10-18)32-21(22(19)27)9-14-7-17(26)8-15-11-29-12-30-23(14)15/h1-10H,11-12H2/b21-9-. The number of ether oxygens (including phenoxy) is 4. The molecule has 0 amide bonds. The molecule has 0 radical (unpaired) electrons. The van der Waals surface area contributed by atoms with Gasteiger partial charge in [0.15, 0.2) is 12.6 Å². The third-order valence-electron chi connectivity index (χ3n) is 4.92. The van der Waals surface area contributed by atoms with Crippen LogP contribution in [0.2, 0.25) is 10.0 Å². The molecule has 0 aromatic heterocycles. The highest BCUT2D eigenvalue weighted by atomic mass is 35.5. The first kappa shape index (κ1) is 20.6. The lowest BCUT2D eigenvalue weighted by Crippen LogP contribution is -2.12. The summed E-state index contributed by atoms with van der Waals surface area (Å²) in [6.07, 6.45) is 1.58. The van der Waals surface area contributed by atoms with Crippen molar-refractivity contribution in [2.24, 2.45) is 0 Å². The van der Waals surface area contributed by atoms with Crippen LogP contribution in [0.5, 0.6) is 17.2 Å². The van der Waals surface area contributed by atoms with Gasteiger partial charge in [-0.25, -0.2) is 4.79 Å². The number of carbonyl (C=O) groups is 2. The SMILES string of the molecule is O=C(Oc1ccc2c(c1)O/C(=C\c1cc(Cl)cc3c1OCOC3)C2=O)c1ccc(Cl)cc1. The molecule has 6 nitrogen and oxygen atoms in total. The summed E-state index contributed by atoms with van der Waals surface area (Å²) in [6.45, 7) is 0.478. The van der Waals surface area contributed by atoms with E-state index in [-0.39, 0.29) is 24.1 Å². The number of benzene rings is 3. The molecule has 0 aliphatic carbocycles. The van der Waals surface area contributed by atoms with Gasteiger partial charge in [0.25, 0.3) is 0 Å². The molecule has 3 aromatic rings. The summed E-state index contributed by atoms with van der Waals surface area (Å²) >= 11 is 12.0. The molecule has 0 unspecified atom stereocenters. The molecule has 2 aliphatic heterocycles. The zero-order valence-corrected chi connectivity index (χ0v) is 17.9. The van der Waals surface area contributed by atoms with Crippen LogP contribution in [0.1, 0.15) is 31.8 Å². The summed E-state index contributed by atoms with van der Waals surface area (Å²) in [4.78, 5) is 25.2. The molecule has 2 heterocycles. The summed E-state index contributed by atoms with van der Waals surface area (Å²) in [5, 5.41) is 1.01. The molecule has 3 aromatic carbocycles. The van der Waals surface area contributed by atoms with E-state index < -0.39 is 5.97 Å². The van der Waals surface area contributed by atoms with Crippen LogP contribution in [0.3, 0.4) is 0 Å². The molecule has 0 fully saturated rings. The second-order valence-corrected chi connectivity index (χ2v) is 7.96. The minimum Gasteiger partial charge on any atom is -0.467 e. The molecule has 2 aliphatic rings. The van der Waals surface area contributed by atoms with Crippen LogP contribution in [0.25, 0.3) is 6.08 Å². The first-order chi connectivity index (χ1) is 15.5. The van der Waals surface area contributed by atoms with Gasteiger partial charge in [-0.1, -0.05) is 23.2 Å². The van der Waals surface area contributed by atoms with E-state index in [0.29, 0.717) is 44.8 Å². The number of halogens is 2. The molecule has 0 saturated carbocycles. The third-order valence-corrected chi connectivity index (χ3v) is 5.39. The maximum absolute atomic E-state index is 12.8. The third kappa shape index (κ3) is 3.96. The van der Waals surface area contributed by atoms with Gasteiger partial charge in [-0.15, -0.1) is 0 Å². The van der Waals surface area contributed by atoms with Gasteiger partial charge in [-0.3, -0.25) is 4.79 Å². The number of esters is 1. The van der Waals surface area contributed by atoms with Crippen molar-refractivity contribution in [2.75, 3.05) is 6.79 Å². The quantitative estimate of drug-likeness (QED) is 0.279. The lowest BCUT2D eigenvalue weighted by atomic mass is 10.1. The summed E-state index contributed by atoms with van der Waals surface area (Å²) in [7, 11) is 0. The molecule has 0 spiro atoms. The first-order valence-corrected chi connectivity index (χ1v) is 10.3. The molecule has 32 heavy (non-hydrogen) atoms. The van der Waals surface area contributed by atoms with Crippen molar-refractivity contribution in [2.45, 2.75) is 6.61 Å². The van der Waals surface area contributed by atoms with E-state index in [1.165, 1.54) is 6.07 Å². The highest BCUT2D eigenvalue weighted by Crippen LogP contribution is 2.38. The fourth-order valence-corrected chi connectivity index (χ4v) is 3.81. The van der Waals surface area contributed by atoms with E-state index in [9.17, 15) is 9.59 Å². The second-order valence-electron chi connectivity index (χ2n) is 7.09. The van der Waals surface area contributed by atoms with Crippen molar-refractivity contribution < 1.29 is 28.5 Å². The largest absolute Gasteiger partial charge is 0.467 e. The van der Waals surface area contributed by atoms with Gasteiger partial charge in [0.2, 0.25) is 5.78 Å². The summed E-state index contributed by atoms with van der Waals surface area (Å²) in [6, 6.07) is 14.4. The number of hydrogen-bond acceptors (Lipinski definition) is 6. The summed E-state index contributed by atoms with van der Waals surface area (Å²) in [5.74, 6) is 0.406. The zero-order chi connectivity index (χ0) is 22.2. The summed E-state index contributed by atoms with van der Waals surface area (Å²) < 4.78 is 22.0. The molecule has 5 rings (SSSR count). The Morgan fingerprint density at radius 2 is 1.81 bits per heavy atom. The maximum Gasteiger partial charge on any atom is 0.343 e. The Morgan fingerprint density at radius 3 is 2.62 bits per heavy atom. The number of Topliss-reactive ketones (excluding diaryl/α,β-unsaturated/α-hetero) is 1. The topological polar surface area (TPSA) is 71.1 Å². The van der Waals surface area contributed by atoms with Crippen LogP contribution >= 0.6 is 23.2 Å². The van der Waals surface area contributed by atoms with Crippen LogP contribution in [0.4, 0.5) is 0 Å². The minimum atomic E-state index is -0.549. The Balaban J connectivity index is 1.40. The van der Waals surface area contributed by atoms with E-state index in [1.807, 2.05) is 0 Å². The minimum absolute atomic E-state index is 0.112. The number of ketones is 1. The Kier molecular flexibility index (Phi) is 5.35. The smallest absolute Gasteiger partial charge is 0.343 e. The van der Waals surface area contributed by atoms with Crippen LogP contribution < -0.4 is 14.2 Å². The fraction of sp³-hybridized carbons (Fsp3) is 0.0833. The second kappa shape index (κ2) is 8.31. The predicted molar refractivity (Wildman–Crippen MR) is 118 cm³/mol. The number of allylic oxidation sites excluding steroid dienone is 1. The summed E-state index contributed by atoms with van der Waals surface area (Å²) in [5.41, 5.74) is 2.11. The first-order valence-electron chi connectivity index (χ1n) is 9.57. The molecule has 8 heteroatoms. The Morgan fingerprint density at radius 1 is 1.00 bits per heavy atom. The van der Waals surface area contributed by atoms with Crippen molar-refractivity contribution in [3.63, 3.8) is 0 Å². The predicted octanol–water partition coefficient (Wildman–Crippen LogP) is 5.70. The zero-order valence-electron chi connectivity index (χ0n) is 16.4. The number of hydrogen-bond donors (Lipinski definition) is 0. The van der Waals surface area contributed by atoms with Crippen LogP contribution in [-0.2, 0) is 11.3 Å². The highest BCUT2D eigenvalue weighted by molar-refractivity contribution is 6.31. The van der Waals surface area contributed by atoms with E-state index in [4.69, 9.17) is 42.1 Å². The Labute approximate surface area is 192 Å². The molecule has 160 valence electrons. The normalized spacial score (nSPS) is 15.6. The maximum atomic E-state index is 12.8. The molecular weight excluding hydrogens is 455 g/mol. The van der Waals surface area contributed by atoms with Gasteiger partial charge in [0.05, 0.1) is 17.7 Å². The van der Waals surface area contributed by atoms with Crippen molar-refractivity contribution in [3.8, 4) is 17.2 Å².